The summed E-state index contributed by atoms with van der Waals surface area (Å²) >= 11 is 0. The van der Waals surface area contributed by atoms with Gasteiger partial charge in [0.15, 0.2) is 0 Å². The summed E-state index contributed by atoms with van der Waals surface area (Å²) in [7, 11) is 0. The Balaban J connectivity index is -0.000000258. The summed E-state index contributed by atoms with van der Waals surface area (Å²) in [4.78, 5) is 31.0. The van der Waals surface area contributed by atoms with Crippen molar-refractivity contribution < 1.29 is 71.6 Å². The third-order valence-electron chi connectivity index (χ3n) is 12.0. The van der Waals surface area contributed by atoms with E-state index < -0.39 is 17.9 Å². The molecule has 0 amide bonds. The van der Waals surface area contributed by atoms with Crippen LogP contribution in [0.25, 0.3) is 0 Å². The number of aliphatic carboxylic acids is 3. The molecule has 0 fully saturated rings. The van der Waals surface area contributed by atoms with Crippen molar-refractivity contribution >= 4 is 17.9 Å². The van der Waals surface area contributed by atoms with Crippen molar-refractivity contribution in [3.05, 3.63) is 0 Å². The molecular formula is C54H108AgO6Zn. The van der Waals surface area contributed by atoms with E-state index >= 15 is 0 Å². The monoisotopic (exact) mass is 1020 g/mol. The van der Waals surface area contributed by atoms with E-state index in [-0.39, 0.29) is 41.9 Å². The van der Waals surface area contributed by atoms with Crippen LogP contribution in [0.15, 0.2) is 0 Å². The molecule has 6 nitrogen and oxygen atoms in total. The van der Waals surface area contributed by atoms with Crippen LogP contribution in [0.5, 0.6) is 0 Å². The van der Waals surface area contributed by atoms with Crippen LogP contribution in [0.3, 0.4) is 0 Å². The average molecular weight is 1030 g/mol. The minimum atomic E-state index is -0.653. The van der Waals surface area contributed by atoms with Gasteiger partial charge in [0, 0.05) is 61.1 Å². The summed E-state index contributed by atoms with van der Waals surface area (Å²) in [6.45, 7) is 6.81. The summed E-state index contributed by atoms with van der Waals surface area (Å²) in [6.07, 6.45) is 60.6. The second kappa shape index (κ2) is 67.4. The van der Waals surface area contributed by atoms with Gasteiger partial charge in [0.1, 0.15) is 0 Å². The van der Waals surface area contributed by atoms with Gasteiger partial charge in [-0.05, 0) is 19.3 Å². The van der Waals surface area contributed by atoms with E-state index in [1.54, 1.807) is 0 Å². The average Bonchev–Trinajstić information content (AvgIpc) is 3.22. The van der Waals surface area contributed by atoms with Crippen molar-refractivity contribution in [2.45, 2.75) is 329 Å². The van der Waals surface area contributed by atoms with Gasteiger partial charge in [-0.2, -0.15) is 0 Å². The topological polar surface area (TPSA) is 112 Å². The van der Waals surface area contributed by atoms with Crippen LogP contribution in [0.2, 0.25) is 0 Å². The van der Waals surface area contributed by atoms with Crippen LogP contribution in [-0.2, 0) is 56.2 Å². The van der Waals surface area contributed by atoms with Gasteiger partial charge in [-0.25, -0.2) is 0 Å². The first kappa shape index (κ1) is 70.8. The summed E-state index contributed by atoms with van der Waals surface area (Å²) < 4.78 is 0. The summed E-state index contributed by atoms with van der Waals surface area (Å²) in [5.41, 5.74) is 0. The van der Waals surface area contributed by atoms with Gasteiger partial charge in [0.05, 0.1) is 0 Å². The maximum atomic E-state index is 10.3. The van der Waals surface area contributed by atoms with E-state index in [1.807, 2.05) is 0 Å². The van der Waals surface area contributed by atoms with Crippen molar-refractivity contribution in [3.63, 3.8) is 0 Å². The van der Waals surface area contributed by atoms with Gasteiger partial charge in [-0.15, -0.1) is 0 Å². The third-order valence-corrected chi connectivity index (χ3v) is 12.0. The first-order chi connectivity index (χ1) is 29.3. The zero-order chi connectivity index (χ0) is 44.7. The Morgan fingerprint density at radius 2 is 0.323 bits per heavy atom. The van der Waals surface area contributed by atoms with E-state index in [2.05, 4.69) is 20.8 Å². The molecule has 0 aliphatic heterocycles. The first-order valence-corrected chi connectivity index (χ1v) is 27.0. The van der Waals surface area contributed by atoms with Gasteiger partial charge in [0.25, 0.3) is 0 Å². The molecule has 3 N–H and O–H groups in total. The second-order valence-corrected chi connectivity index (χ2v) is 18.3. The number of carboxylic acids is 3. The van der Waals surface area contributed by atoms with Crippen LogP contribution in [0.1, 0.15) is 329 Å². The summed E-state index contributed by atoms with van der Waals surface area (Å²) in [5.74, 6) is -1.96. The molecule has 0 aromatic carbocycles. The summed E-state index contributed by atoms with van der Waals surface area (Å²) in [6, 6.07) is 0. The number of carboxylic acid groups (broad SMARTS) is 3. The van der Waals surface area contributed by atoms with Gasteiger partial charge < -0.3 is 15.3 Å². The molecule has 0 aromatic heterocycles. The van der Waals surface area contributed by atoms with Crippen molar-refractivity contribution in [2.75, 3.05) is 0 Å². The Hall–Kier alpha value is -0.226. The van der Waals surface area contributed by atoms with Gasteiger partial charge >= 0.3 is 17.9 Å². The molecule has 0 atom stereocenters. The molecule has 0 saturated heterocycles. The van der Waals surface area contributed by atoms with Gasteiger partial charge in [0.2, 0.25) is 0 Å². The molecule has 0 spiro atoms. The molecule has 0 aliphatic rings. The minimum absolute atomic E-state index is 0. The predicted molar refractivity (Wildman–Crippen MR) is 262 cm³/mol. The number of hydrogen-bond acceptors (Lipinski definition) is 3. The smallest absolute Gasteiger partial charge is 0.303 e. The normalized spacial score (nSPS) is 10.5. The largest absolute Gasteiger partial charge is 0.481 e. The zero-order valence-corrected chi connectivity index (χ0v) is 46.5. The van der Waals surface area contributed by atoms with Crippen LogP contribution < -0.4 is 0 Å². The fourth-order valence-corrected chi connectivity index (χ4v) is 7.94. The van der Waals surface area contributed by atoms with Crippen LogP contribution in [-0.4, -0.2) is 33.2 Å². The van der Waals surface area contributed by atoms with E-state index in [0.29, 0.717) is 19.3 Å². The molecule has 62 heavy (non-hydrogen) atoms. The quantitative estimate of drug-likeness (QED) is 0.0413. The minimum Gasteiger partial charge on any atom is -0.481 e. The number of carbonyl (C=O) groups is 3. The molecule has 0 rings (SSSR count). The van der Waals surface area contributed by atoms with Crippen LogP contribution in [0, 0.1) is 0 Å². The molecule has 0 unspecified atom stereocenters. The molecule has 0 saturated carbocycles. The van der Waals surface area contributed by atoms with Crippen LogP contribution >= 0.6 is 0 Å². The zero-order valence-electron chi connectivity index (χ0n) is 42.0. The maximum Gasteiger partial charge on any atom is 0.303 e. The van der Waals surface area contributed by atoms with Crippen molar-refractivity contribution in [2.24, 2.45) is 0 Å². The standard InChI is InChI=1S/3C18H36O2.Ag.Zn/c3*1-2-3-4-5-6-7-8-9-10-11-12-13-14-15-16-17-18(19)20;;/h3*2-17H2,1H3,(H,19,20);;. The number of unbranched alkanes of at least 4 members (excludes halogenated alkanes) is 42. The number of hydrogen-bond donors (Lipinski definition) is 3. The maximum absolute atomic E-state index is 10.3. The Morgan fingerprint density at radius 1 is 0.226 bits per heavy atom. The SMILES string of the molecule is CCCCCCCCCCCCCCCCCC(=O)O.CCCCCCCCCCCCCCCCCC(=O)O.CCCCCCCCCCCCCCCCCC(=O)O.[Ag].[Zn]. The van der Waals surface area contributed by atoms with E-state index in [1.165, 1.54) is 250 Å². The van der Waals surface area contributed by atoms with Crippen molar-refractivity contribution in [3.8, 4) is 0 Å². The fraction of sp³-hybridized carbons (Fsp3) is 0.944. The van der Waals surface area contributed by atoms with Crippen molar-refractivity contribution in [1.29, 1.82) is 0 Å². The Labute approximate surface area is 415 Å². The molecule has 0 aromatic rings. The van der Waals surface area contributed by atoms with E-state index in [9.17, 15) is 14.4 Å². The molecular weight excluding hydrogens is 918 g/mol. The van der Waals surface area contributed by atoms with Gasteiger partial charge in [-0.3, -0.25) is 14.4 Å². The number of rotatable bonds is 48. The summed E-state index contributed by atoms with van der Waals surface area (Å²) in [5, 5.41) is 25.6. The van der Waals surface area contributed by atoms with E-state index in [4.69, 9.17) is 15.3 Å². The Kier molecular flexibility index (Phi) is 76.9. The molecule has 0 aliphatic carbocycles. The van der Waals surface area contributed by atoms with Crippen molar-refractivity contribution in [1.82, 2.24) is 0 Å². The fourth-order valence-electron chi connectivity index (χ4n) is 7.94. The second-order valence-electron chi connectivity index (χ2n) is 18.3. The molecule has 0 bridgehead atoms. The predicted octanol–water partition coefficient (Wildman–Crippen LogP) is 19.0. The van der Waals surface area contributed by atoms with Crippen LogP contribution in [0.4, 0.5) is 0 Å². The molecule has 8 heteroatoms. The van der Waals surface area contributed by atoms with E-state index in [0.717, 1.165) is 38.5 Å². The van der Waals surface area contributed by atoms with Gasteiger partial charge in [-0.1, -0.05) is 290 Å². The Morgan fingerprint density at radius 3 is 0.419 bits per heavy atom. The third kappa shape index (κ3) is 80.1. The molecule has 373 valence electrons. The molecule has 1 radical (unpaired) electrons. The molecule has 0 heterocycles. The Bertz CT molecular complexity index is 724. The first-order valence-electron chi connectivity index (χ1n) is 27.0.